The van der Waals surface area contributed by atoms with Crippen LogP contribution < -0.4 is 10.6 Å². The molecule has 0 aliphatic carbocycles. The summed E-state index contributed by atoms with van der Waals surface area (Å²) in [6.07, 6.45) is 0. The molecule has 0 spiro atoms. The molecule has 80 valence electrons. The van der Waals surface area contributed by atoms with Crippen molar-refractivity contribution >= 4 is 11.6 Å². The average Bonchev–Trinajstić information content (AvgIpc) is 2.34. The fourth-order valence-electron chi connectivity index (χ4n) is 1.08. The number of rotatable bonds is 4. The Labute approximate surface area is 93.3 Å². The Morgan fingerprint density at radius 2 is 2.19 bits per heavy atom. The van der Waals surface area contributed by atoms with Crippen LogP contribution in [0.3, 0.4) is 0 Å². The van der Waals surface area contributed by atoms with Crippen molar-refractivity contribution in [3.05, 3.63) is 29.8 Å². The molecule has 0 bridgehead atoms. The van der Waals surface area contributed by atoms with Gasteiger partial charge in [-0.3, -0.25) is 4.79 Å². The van der Waals surface area contributed by atoms with E-state index in [9.17, 15) is 4.79 Å². The number of nitriles is 2. The maximum absolute atomic E-state index is 11.1. The maximum Gasteiger partial charge on any atom is 0.240 e. The number of carbonyl (C=O) groups is 1. The molecular formula is C11H10N4O. The van der Waals surface area contributed by atoms with Crippen LogP contribution in [-0.4, -0.2) is 19.0 Å². The molecule has 0 fully saturated rings. The molecule has 0 saturated heterocycles. The summed E-state index contributed by atoms with van der Waals surface area (Å²) in [5, 5.41) is 22.2. The molecule has 1 aromatic carbocycles. The van der Waals surface area contributed by atoms with Gasteiger partial charge in [-0.05, 0) is 18.2 Å². The van der Waals surface area contributed by atoms with Crippen LogP contribution in [0, 0.1) is 22.7 Å². The first-order valence-electron chi connectivity index (χ1n) is 4.64. The van der Waals surface area contributed by atoms with Gasteiger partial charge >= 0.3 is 0 Å². The van der Waals surface area contributed by atoms with Gasteiger partial charge < -0.3 is 10.6 Å². The fraction of sp³-hybridized carbons (Fsp3) is 0.182. The van der Waals surface area contributed by atoms with Gasteiger partial charge in [0.05, 0.1) is 24.2 Å². The van der Waals surface area contributed by atoms with Crippen molar-refractivity contribution in [2.75, 3.05) is 18.4 Å². The smallest absolute Gasteiger partial charge is 0.240 e. The van der Waals surface area contributed by atoms with Crippen LogP contribution in [0.25, 0.3) is 0 Å². The molecule has 0 heterocycles. The van der Waals surface area contributed by atoms with Crippen molar-refractivity contribution in [2.45, 2.75) is 0 Å². The summed E-state index contributed by atoms with van der Waals surface area (Å²) in [6.45, 7) is 0.0787. The van der Waals surface area contributed by atoms with Crippen LogP contribution in [0.1, 0.15) is 5.56 Å². The first-order valence-corrected chi connectivity index (χ1v) is 4.64. The molecule has 2 N–H and O–H groups in total. The number of carbonyl (C=O) groups excluding carboxylic acids is 1. The summed E-state index contributed by atoms with van der Waals surface area (Å²) < 4.78 is 0. The van der Waals surface area contributed by atoms with Gasteiger partial charge in [0.15, 0.2) is 0 Å². The van der Waals surface area contributed by atoms with Gasteiger partial charge in [-0.15, -0.1) is 0 Å². The molecule has 0 aliphatic rings. The fourth-order valence-corrected chi connectivity index (χ4v) is 1.08. The zero-order valence-corrected chi connectivity index (χ0v) is 8.53. The molecule has 0 aromatic heterocycles. The van der Waals surface area contributed by atoms with Crippen LogP contribution in [0.4, 0.5) is 5.69 Å². The third-order valence-corrected chi connectivity index (χ3v) is 1.81. The number of amides is 1. The third-order valence-electron chi connectivity index (χ3n) is 1.81. The van der Waals surface area contributed by atoms with E-state index in [1.807, 2.05) is 12.1 Å². The second-order valence-electron chi connectivity index (χ2n) is 2.98. The van der Waals surface area contributed by atoms with E-state index in [4.69, 9.17) is 10.5 Å². The second kappa shape index (κ2) is 6.05. The molecular weight excluding hydrogens is 204 g/mol. The van der Waals surface area contributed by atoms with Crippen molar-refractivity contribution in [3.63, 3.8) is 0 Å². The highest BCUT2D eigenvalue weighted by Crippen LogP contribution is 2.08. The standard InChI is InChI=1S/C11H10N4O/c12-4-5-14-11(16)8-15-10-3-1-2-9(6-10)7-13/h1-3,6,15H,5,8H2,(H,14,16). The zero-order chi connectivity index (χ0) is 11.8. The molecule has 5 heteroatoms. The van der Waals surface area contributed by atoms with Gasteiger partial charge in [-0.1, -0.05) is 6.07 Å². The topological polar surface area (TPSA) is 88.7 Å². The van der Waals surface area contributed by atoms with Crippen LogP contribution in [-0.2, 0) is 4.79 Å². The Morgan fingerprint density at radius 3 is 2.88 bits per heavy atom. The molecule has 0 atom stereocenters. The summed E-state index contributed by atoms with van der Waals surface area (Å²) in [6, 6.07) is 10.6. The summed E-state index contributed by atoms with van der Waals surface area (Å²) in [7, 11) is 0. The lowest BCUT2D eigenvalue weighted by Gasteiger charge is -2.05. The average molecular weight is 214 g/mol. The molecule has 5 nitrogen and oxygen atoms in total. The van der Waals surface area contributed by atoms with Gasteiger partial charge in [-0.25, -0.2) is 0 Å². The van der Waals surface area contributed by atoms with Crippen molar-refractivity contribution in [1.29, 1.82) is 10.5 Å². The van der Waals surface area contributed by atoms with E-state index in [0.717, 1.165) is 0 Å². The predicted octanol–water partition coefficient (Wildman–Crippen LogP) is 0.610. The van der Waals surface area contributed by atoms with Crippen LogP contribution in [0.2, 0.25) is 0 Å². The minimum Gasteiger partial charge on any atom is -0.376 e. The molecule has 0 saturated carbocycles. The molecule has 0 aliphatic heterocycles. The van der Waals surface area contributed by atoms with Crippen molar-refractivity contribution < 1.29 is 4.79 Å². The lowest BCUT2D eigenvalue weighted by Crippen LogP contribution is -2.29. The van der Waals surface area contributed by atoms with Gasteiger partial charge in [0.1, 0.15) is 6.54 Å². The van der Waals surface area contributed by atoms with E-state index in [1.54, 1.807) is 24.3 Å². The van der Waals surface area contributed by atoms with Crippen LogP contribution in [0.5, 0.6) is 0 Å². The van der Waals surface area contributed by atoms with E-state index >= 15 is 0 Å². The predicted molar refractivity (Wildman–Crippen MR) is 58.3 cm³/mol. The van der Waals surface area contributed by atoms with E-state index in [-0.39, 0.29) is 19.0 Å². The second-order valence-corrected chi connectivity index (χ2v) is 2.98. The Bertz CT molecular complexity index is 456. The number of benzene rings is 1. The molecule has 1 aromatic rings. The molecule has 0 unspecified atom stereocenters. The molecule has 1 rings (SSSR count). The minimum absolute atomic E-state index is 0.00124. The molecule has 1 amide bonds. The molecule has 16 heavy (non-hydrogen) atoms. The summed E-state index contributed by atoms with van der Waals surface area (Å²) in [4.78, 5) is 11.1. The van der Waals surface area contributed by atoms with Crippen molar-refractivity contribution in [3.8, 4) is 12.1 Å². The summed E-state index contributed by atoms with van der Waals surface area (Å²) in [5.74, 6) is -0.260. The van der Waals surface area contributed by atoms with Crippen LogP contribution >= 0.6 is 0 Å². The lowest BCUT2D eigenvalue weighted by atomic mass is 10.2. The normalized spacial score (nSPS) is 8.62. The maximum atomic E-state index is 11.1. The van der Waals surface area contributed by atoms with E-state index < -0.39 is 0 Å². The summed E-state index contributed by atoms with van der Waals surface area (Å²) >= 11 is 0. The first kappa shape index (κ1) is 11.5. The largest absolute Gasteiger partial charge is 0.376 e. The number of hydrogen-bond donors (Lipinski definition) is 2. The molecule has 0 radical (unpaired) electrons. The quantitative estimate of drug-likeness (QED) is 0.718. The minimum atomic E-state index is -0.260. The lowest BCUT2D eigenvalue weighted by molar-refractivity contribution is -0.119. The third kappa shape index (κ3) is 3.69. The Morgan fingerprint density at radius 1 is 1.38 bits per heavy atom. The Hall–Kier alpha value is -2.53. The number of hydrogen-bond acceptors (Lipinski definition) is 4. The van der Waals surface area contributed by atoms with E-state index in [0.29, 0.717) is 11.3 Å². The number of anilines is 1. The summed E-state index contributed by atoms with van der Waals surface area (Å²) in [5.41, 5.74) is 1.23. The Balaban J connectivity index is 2.46. The number of nitrogens with one attached hydrogen (secondary N) is 2. The highest BCUT2D eigenvalue weighted by Gasteiger charge is 2.00. The Kier molecular flexibility index (Phi) is 4.36. The SMILES string of the molecule is N#CCNC(=O)CNc1cccc(C#N)c1. The van der Waals surface area contributed by atoms with E-state index in [1.165, 1.54) is 0 Å². The van der Waals surface area contributed by atoms with Crippen molar-refractivity contribution in [1.82, 2.24) is 5.32 Å². The van der Waals surface area contributed by atoms with E-state index in [2.05, 4.69) is 10.6 Å². The number of nitrogens with zero attached hydrogens (tertiary/aromatic N) is 2. The van der Waals surface area contributed by atoms with Gasteiger partial charge in [0, 0.05) is 5.69 Å². The van der Waals surface area contributed by atoms with Gasteiger partial charge in [-0.2, -0.15) is 10.5 Å². The highest BCUT2D eigenvalue weighted by atomic mass is 16.1. The zero-order valence-electron chi connectivity index (χ0n) is 8.53. The highest BCUT2D eigenvalue weighted by molar-refractivity contribution is 5.80. The monoisotopic (exact) mass is 214 g/mol. The van der Waals surface area contributed by atoms with Gasteiger partial charge in [0.25, 0.3) is 0 Å². The van der Waals surface area contributed by atoms with Crippen molar-refractivity contribution in [2.24, 2.45) is 0 Å². The van der Waals surface area contributed by atoms with Gasteiger partial charge in [0.2, 0.25) is 5.91 Å². The first-order chi connectivity index (χ1) is 7.76. The van der Waals surface area contributed by atoms with Crippen LogP contribution in [0.15, 0.2) is 24.3 Å².